The van der Waals surface area contributed by atoms with Gasteiger partial charge in [-0.15, -0.1) is 0 Å². The Morgan fingerprint density at radius 2 is 1.65 bits per heavy atom. The molecule has 2 N–H and O–H groups in total. The summed E-state index contributed by atoms with van der Waals surface area (Å²) in [6.07, 6.45) is 0. The number of benzene rings is 3. The first-order valence-corrected chi connectivity index (χ1v) is 6.66. The van der Waals surface area contributed by atoms with Crippen molar-refractivity contribution in [3.8, 4) is 0 Å². The van der Waals surface area contributed by atoms with E-state index in [1.807, 2.05) is 43.3 Å². The van der Waals surface area contributed by atoms with E-state index in [-0.39, 0.29) is 11.9 Å². The van der Waals surface area contributed by atoms with Crippen LogP contribution < -0.4 is 5.73 Å². The van der Waals surface area contributed by atoms with Crippen molar-refractivity contribution >= 4 is 10.8 Å². The summed E-state index contributed by atoms with van der Waals surface area (Å²) in [6, 6.07) is 18.6. The second-order valence-corrected chi connectivity index (χ2v) is 5.07. The normalized spacial score (nSPS) is 12.6. The molecule has 0 amide bonds. The molecule has 0 aliphatic rings. The molecule has 1 nitrogen and oxygen atoms in total. The fourth-order valence-electron chi connectivity index (χ4n) is 2.60. The molecule has 0 spiro atoms. The highest BCUT2D eigenvalue weighted by Gasteiger charge is 2.13. The number of fused-ring (bicyclic) bond motifs is 1. The second-order valence-electron chi connectivity index (χ2n) is 5.07. The zero-order valence-corrected chi connectivity index (χ0v) is 11.3. The minimum Gasteiger partial charge on any atom is -0.320 e. The largest absolute Gasteiger partial charge is 0.320 e. The molecule has 3 aromatic rings. The van der Waals surface area contributed by atoms with Crippen LogP contribution in [0.3, 0.4) is 0 Å². The fraction of sp³-hybridized carbons (Fsp3) is 0.111. The van der Waals surface area contributed by atoms with E-state index in [4.69, 9.17) is 5.73 Å². The van der Waals surface area contributed by atoms with Gasteiger partial charge in [-0.1, -0.05) is 60.2 Å². The van der Waals surface area contributed by atoms with Gasteiger partial charge in [-0.3, -0.25) is 0 Å². The lowest BCUT2D eigenvalue weighted by atomic mass is 9.93. The van der Waals surface area contributed by atoms with Gasteiger partial charge in [0, 0.05) is 5.39 Å². The smallest absolute Gasteiger partial charge is 0.131 e. The highest BCUT2D eigenvalue weighted by molar-refractivity contribution is 5.87. The lowest BCUT2D eigenvalue weighted by Crippen LogP contribution is -2.12. The third-order valence-electron chi connectivity index (χ3n) is 3.64. The van der Waals surface area contributed by atoms with Gasteiger partial charge in [-0.25, -0.2) is 4.39 Å². The van der Waals surface area contributed by atoms with Gasteiger partial charge in [0.1, 0.15) is 5.82 Å². The maximum absolute atomic E-state index is 13.9. The van der Waals surface area contributed by atoms with Crippen molar-refractivity contribution in [2.45, 2.75) is 13.0 Å². The first-order chi connectivity index (χ1) is 9.66. The molecule has 20 heavy (non-hydrogen) atoms. The molecule has 3 rings (SSSR count). The highest BCUT2D eigenvalue weighted by Crippen LogP contribution is 2.29. The molecule has 0 bridgehead atoms. The van der Waals surface area contributed by atoms with E-state index < -0.39 is 0 Å². The minimum atomic E-state index is -0.250. The number of nitrogens with two attached hydrogens (primary N) is 1. The Hall–Kier alpha value is -2.19. The zero-order valence-electron chi connectivity index (χ0n) is 11.3. The molecule has 100 valence electrons. The molecule has 0 aliphatic heterocycles. The van der Waals surface area contributed by atoms with Gasteiger partial charge >= 0.3 is 0 Å². The number of halogens is 1. The molecule has 1 unspecified atom stereocenters. The van der Waals surface area contributed by atoms with Gasteiger partial charge in [0.15, 0.2) is 0 Å². The summed E-state index contributed by atoms with van der Waals surface area (Å²) < 4.78 is 13.9. The summed E-state index contributed by atoms with van der Waals surface area (Å²) in [4.78, 5) is 0. The Morgan fingerprint density at radius 1 is 0.900 bits per heavy atom. The Balaban J connectivity index is 2.17. The van der Waals surface area contributed by atoms with Crippen molar-refractivity contribution in [3.63, 3.8) is 0 Å². The Morgan fingerprint density at radius 3 is 2.40 bits per heavy atom. The monoisotopic (exact) mass is 265 g/mol. The van der Waals surface area contributed by atoms with Crippen molar-refractivity contribution in [2.75, 3.05) is 0 Å². The number of aryl methyl sites for hydroxylation is 1. The highest BCUT2D eigenvalue weighted by atomic mass is 19.1. The van der Waals surface area contributed by atoms with Crippen molar-refractivity contribution < 1.29 is 4.39 Å². The molecular weight excluding hydrogens is 249 g/mol. The van der Waals surface area contributed by atoms with E-state index in [1.54, 1.807) is 12.1 Å². The third-order valence-corrected chi connectivity index (χ3v) is 3.64. The molecule has 2 heteroatoms. The second kappa shape index (κ2) is 5.06. The third kappa shape index (κ3) is 2.19. The van der Waals surface area contributed by atoms with Crippen molar-refractivity contribution in [1.29, 1.82) is 0 Å². The molecule has 0 radical (unpaired) electrons. The fourth-order valence-corrected chi connectivity index (χ4v) is 2.60. The zero-order chi connectivity index (χ0) is 14.1. The van der Waals surface area contributed by atoms with Crippen LogP contribution in [0.15, 0.2) is 60.7 Å². The standard InChI is InChI=1S/C18H16FN/c1-12-5-4-6-13(11-12)18(20)16-9-10-17(19)15-8-3-2-7-14(15)16/h2-11,18H,20H2,1H3. The first kappa shape index (κ1) is 12.8. The van der Waals surface area contributed by atoms with E-state index in [0.29, 0.717) is 5.39 Å². The maximum atomic E-state index is 13.9. The topological polar surface area (TPSA) is 26.0 Å². The SMILES string of the molecule is Cc1cccc(C(N)c2ccc(F)c3ccccc23)c1. The van der Waals surface area contributed by atoms with E-state index in [2.05, 4.69) is 6.07 Å². The van der Waals surface area contributed by atoms with Crippen LogP contribution in [-0.4, -0.2) is 0 Å². The summed E-state index contributed by atoms with van der Waals surface area (Å²) in [5.41, 5.74) is 9.54. The van der Waals surface area contributed by atoms with E-state index in [0.717, 1.165) is 16.5 Å². The van der Waals surface area contributed by atoms with Gasteiger partial charge < -0.3 is 5.73 Å². The van der Waals surface area contributed by atoms with E-state index in [1.165, 1.54) is 11.6 Å². The van der Waals surface area contributed by atoms with Crippen LogP contribution in [0, 0.1) is 12.7 Å². The summed E-state index contributed by atoms with van der Waals surface area (Å²) in [6.45, 7) is 2.04. The predicted molar refractivity (Wildman–Crippen MR) is 81.1 cm³/mol. The van der Waals surface area contributed by atoms with Crippen LogP contribution in [0.2, 0.25) is 0 Å². The average molecular weight is 265 g/mol. The Labute approximate surface area is 117 Å². The summed E-state index contributed by atoms with van der Waals surface area (Å²) in [5.74, 6) is -0.208. The van der Waals surface area contributed by atoms with Gasteiger partial charge in [-0.05, 0) is 29.5 Å². The maximum Gasteiger partial charge on any atom is 0.131 e. The molecular formula is C18H16FN. The molecule has 1 atom stereocenters. The van der Waals surface area contributed by atoms with E-state index in [9.17, 15) is 4.39 Å². The number of hydrogen-bond donors (Lipinski definition) is 1. The minimum absolute atomic E-state index is 0.208. The van der Waals surface area contributed by atoms with Crippen molar-refractivity contribution in [3.05, 3.63) is 83.2 Å². The first-order valence-electron chi connectivity index (χ1n) is 6.66. The van der Waals surface area contributed by atoms with Gasteiger partial charge in [0.2, 0.25) is 0 Å². The average Bonchev–Trinajstić information content (AvgIpc) is 2.47. The predicted octanol–water partition coefficient (Wildman–Crippen LogP) is 4.34. The van der Waals surface area contributed by atoms with Gasteiger partial charge in [0.25, 0.3) is 0 Å². The van der Waals surface area contributed by atoms with Crippen molar-refractivity contribution in [2.24, 2.45) is 5.73 Å². The lowest BCUT2D eigenvalue weighted by Gasteiger charge is -2.16. The number of hydrogen-bond acceptors (Lipinski definition) is 1. The van der Waals surface area contributed by atoms with Crippen LogP contribution in [0.1, 0.15) is 22.7 Å². The molecule has 0 saturated carbocycles. The number of rotatable bonds is 2. The molecule has 0 aliphatic carbocycles. The van der Waals surface area contributed by atoms with E-state index >= 15 is 0 Å². The molecule has 0 saturated heterocycles. The van der Waals surface area contributed by atoms with Crippen LogP contribution in [0.4, 0.5) is 4.39 Å². The van der Waals surface area contributed by atoms with Crippen LogP contribution >= 0.6 is 0 Å². The molecule has 3 aromatic carbocycles. The summed E-state index contributed by atoms with van der Waals surface area (Å²) in [7, 11) is 0. The molecule has 0 fully saturated rings. The molecule has 0 aromatic heterocycles. The van der Waals surface area contributed by atoms with Crippen LogP contribution in [-0.2, 0) is 0 Å². The van der Waals surface area contributed by atoms with Gasteiger partial charge in [0.05, 0.1) is 6.04 Å². The Kier molecular flexibility index (Phi) is 3.25. The van der Waals surface area contributed by atoms with Crippen LogP contribution in [0.5, 0.6) is 0 Å². The Bertz CT molecular complexity index is 764. The summed E-state index contributed by atoms with van der Waals surface area (Å²) >= 11 is 0. The summed E-state index contributed by atoms with van der Waals surface area (Å²) in [5, 5.41) is 1.50. The lowest BCUT2D eigenvalue weighted by molar-refractivity contribution is 0.639. The quantitative estimate of drug-likeness (QED) is 0.733. The molecule has 0 heterocycles. The van der Waals surface area contributed by atoms with Crippen LogP contribution in [0.25, 0.3) is 10.8 Å². The van der Waals surface area contributed by atoms with Gasteiger partial charge in [-0.2, -0.15) is 0 Å². The van der Waals surface area contributed by atoms with Crippen molar-refractivity contribution in [1.82, 2.24) is 0 Å².